The molecular weight excluding hydrogens is 404 g/mol. The van der Waals surface area contributed by atoms with E-state index in [2.05, 4.69) is 10.4 Å². The van der Waals surface area contributed by atoms with Crippen LogP contribution in [0.2, 0.25) is 0 Å². The largest absolute Gasteiger partial charge is 0.326 e. The minimum Gasteiger partial charge on any atom is -0.326 e. The Morgan fingerprint density at radius 3 is 2.28 bits per heavy atom. The van der Waals surface area contributed by atoms with E-state index in [1.807, 2.05) is 44.2 Å². The van der Waals surface area contributed by atoms with Crippen LogP contribution in [0.25, 0.3) is 16.7 Å². The molecule has 162 valence electrons. The van der Waals surface area contributed by atoms with Gasteiger partial charge in [0, 0.05) is 29.6 Å². The van der Waals surface area contributed by atoms with Gasteiger partial charge in [-0.1, -0.05) is 18.2 Å². The number of anilines is 1. The van der Waals surface area contributed by atoms with Crippen molar-refractivity contribution >= 4 is 28.4 Å². The summed E-state index contributed by atoms with van der Waals surface area (Å²) in [5.41, 5.74) is 3.81. The van der Waals surface area contributed by atoms with Gasteiger partial charge in [0.05, 0.1) is 17.4 Å². The van der Waals surface area contributed by atoms with E-state index in [1.165, 1.54) is 11.5 Å². The predicted molar refractivity (Wildman–Crippen MR) is 125 cm³/mol. The number of carbonyl (C=O) groups is 2. The maximum absolute atomic E-state index is 13.3. The molecule has 0 radical (unpaired) electrons. The summed E-state index contributed by atoms with van der Waals surface area (Å²) in [5, 5.41) is 8.22. The number of rotatable bonds is 5. The number of carbonyl (C=O) groups excluding carboxylic acids is 2. The van der Waals surface area contributed by atoms with Gasteiger partial charge < -0.3 is 5.32 Å². The number of aromatic nitrogens is 3. The number of fused-ring (bicyclic) bond motifs is 1. The number of Topliss-reactive ketones (excluding diaryl/α,β-unsaturated/α-hetero) is 1. The van der Waals surface area contributed by atoms with Gasteiger partial charge in [-0.25, -0.2) is 4.68 Å². The molecule has 4 aromatic rings. The molecule has 2 aromatic carbocycles. The molecule has 0 fully saturated rings. The average molecular weight is 428 g/mol. The molecule has 32 heavy (non-hydrogen) atoms. The number of nitrogens with zero attached hydrogens (tertiary/aromatic N) is 3. The summed E-state index contributed by atoms with van der Waals surface area (Å²) in [5.74, 6) is -0.388. The van der Waals surface area contributed by atoms with E-state index < -0.39 is 6.04 Å². The second kappa shape index (κ2) is 8.26. The van der Waals surface area contributed by atoms with Crippen molar-refractivity contribution in [3.63, 3.8) is 0 Å². The summed E-state index contributed by atoms with van der Waals surface area (Å²) in [6, 6.07) is 17.0. The van der Waals surface area contributed by atoms with Gasteiger partial charge in [-0.2, -0.15) is 5.10 Å². The van der Waals surface area contributed by atoms with Crippen molar-refractivity contribution < 1.29 is 9.59 Å². The minimum atomic E-state index is -0.754. The van der Waals surface area contributed by atoms with Gasteiger partial charge in [-0.3, -0.25) is 19.0 Å². The molecule has 1 atom stereocenters. The first kappa shape index (κ1) is 21.2. The third-order valence-electron chi connectivity index (χ3n) is 5.49. The van der Waals surface area contributed by atoms with Crippen LogP contribution in [0.15, 0.2) is 65.5 Å². The van der Waals surface area contributed by atoms with Gasteiger partial charge in [-0.15, -0.1) is 0 Å². The van der Waals surface area contributed by atoms with Crippen LogP contribution in [0.4, 0.5) is 5.69 Å². The van der Waals surface area contributed by atoms with Crippen LogP contribution in [0.1, 0.15) is 41.5 Å². The van der Waals surface area contributed by atoms with Crippen LogP contribution in [0.5, 0.6) is 0 Å². The van der Waals surface area contributed by atoms with E-state index in [0.717, 1.165) is 22.3 Å². The van der Waals surface area contributed by atoms with Gasteiger partial charge in [-0.05, 0) is 62.7 Å². The number of para-hydroxylation sites is 1. The molecule has 1 unspecified atom stereocenters. The SMILES string of the molecule is CC(=O)Nc1ccc(C(=O)C(C)n2c(=O)cc(C)c3c(C)nn(-c4ccccc4)c32)cc1. The van der Waals surface area contributed by atoms with E-state index in [-0.39, 0.29) is 17.2 Å². The number of aryl methyl sites for hydroxylation is 2. The molecule has 1 amide bonds. The molecule has 0 aliphatic carbocycles. The molecule has 0 saturated carbocycles. The molecule has 1 N–H and O–H groups in total. The van der Waals surface area contributed by atoms with Crippen LogP contribution in [-0.4, -0.2) is 26.0 Å². The first-order valence-electron chi connectivity index (χ1n) is 10.4. The fourth-order valence-corrected chi connectivity index (χ4v) is 4.03. The highest BCUT2D eigenvalue weighted by Gasteiger charge is 2.24. The summed E-state index contributed by atoms with van der Waals surface area (Å²) in [6.07, 6.45) is 0. The second-order valence-corrected chi connectivity index (χ2v) is 7.87. The Morgan fingerprint density at radius 2 is 1.66 bits per heavy atom. The molecule has 0 bridgehead atoms. The van der Waals surface area contributed by atoms with Crippen molar-refractivity contribution in [2.24, 2.45) is 0 Å². The topological polar surface area (TPSA) is 86.0 Å². The quantitative estimate of drug-likeness (QED) is 0.483. The fourth-order valence-electron chi connectivity index (χ4n) is 4.03. The second-order valence-electron chi connectivity index (χ2n) is 7.87. The number of hydrogen-bond donors (Lipinski definition) is 1. The molecule has 7 heteroatoms. The smallest absolute Gasteiger partial charge is 0.253 e. The Balaban J connectivity index is 1.86. The average Bonchev–Trinajstić information content (AvgIpc) is 3.11. The highest BCUT2D eigenvalue weighted by Crippen LogP contribution is 2.27. The molecule has 0 aliphatic heterocycles. The van der Waals surface area contributed by atoms with Gasteiger partial charge in [0.2, 0.25) is 5.91 Å². The lowest BCUT2D eigenvalue weighted by atomic mass is 10.0. The van der Waals surface area contributed by atoms with Crippen LogP contribution in [-0.2, 0) is 4.79 Å². The third kappa shape index (κ3) is 3.73. The molecule has 0 saturated heterocycles. The molecule has 2 aromatic heterocycles. The van der Waals surface area contributed by atoms with Gasteiger partial charge in [0.1, 0.15) is 5.65 Å². The summed E-state index contributed by atoms with van der Waals surface area (Å²) >= 11 is 0. The van der Waals surface area contributed by atoms with Crippen LogP contribution < -0.4 is 10.9 Å². The number of hydrogen-bond acceptors (Lipinski definition) is 4. The lowest BCUT2D eigenvalue weighted by Crippen LogP contribution is -2.29. The first-order chi connectivity index (χ1) is 15.3. The number of amides is 1. The highest BCUT2D eigenvalue weighted by molar-refractivity contribution is 6.00. The fraction of sp³-hybridized carbons (Fsp3) is 0.200. The van der Waals surface area contributed by atoms with Gasteiger partial charge in [0.25, 0.3) is 5.56 Å². The van der Waals surface area contributed by atoms with Crippen molar-refractivity contribution in [3.05, 3.63) is 87.8 Å². The number of nitrogens with one attached hydrogen (secondary N) is 1. The third-order valence-corrected chi connectivity index (χ3v) is 5.49. The van der Waals surface area contributed by atoms with E-state index in [4.69, 9.17) is 0 Å². The monoisotopic (exact) mass is 428 g/mol. The van der Waals surface area contributed by atoms with Crippen molar-refractivity contribution in [1.82, 2.24) is 14.3 Å². The Labute approximate surface area is 185 Å². The Morgan fingerprint density at radius 1 is 1.00 bits per heavy atom. The van der Waals surface area contributed by atoms with Crippen LogP contribution in [0, 0.1) is 13.8 Å². The molecule has 2 heterocycles. The normalized spacial score (nSPS) is 12.0. The summed E-state index contributed by atoms with van der Waals surface area (Å²) in [7, 11) is 0. The summed E-state index contributed by atoms with van der Waals surface area (Å²) in [4.78, 5) is 37.7. The zero-order chi connectivity index (χ0) is 23.0. The molecule has 7 nitrogen and oxygen atoms in total. The number of benzene rings is 2. The maximum Gasteiger partial charge on any atom is 0.253 e. The number of pyridine rings is 1. The highest BCUT2D eigenvalue weighted by atomic mass is 16.2. The van der Waals surface area contributed by atoms with E-state index >= 15 is 0 Å². The molecular formula is C25H24N4O3. The van der Waals surface area contributed by atoms with E-state index in [9.17, 15) is 14.4 Å². The Kier molecular flexibility index (Phi) is 5.48. The summed E-state index contributed by atoms with van der Waals surface area (Å²) in [6.45, 7) is 6.92. The Hall–Kier alpha value is -4.00. The lowest BCUT2D eigenvalue weighted by molar-refractivity contribution is -0.114. The van der Waals surface area contributed by atoms with Crippen LogP contribution in [0.3, 0.4) is 0 Å². The minimum absolute atomic E-state index is 0.185. The molecule has 0 spiro atoms. The lowest BCUT2D eigenvalue weighted by Gasteiger charge is -2.18. The van der Waals surface area contributed by atoms with Gasteiger partial charge >= 0.3 is 0 Å². The zero-order valence-corrected chi connectivity index (χ0v) is 18.4. The predicted octanol–water partition coefficient (Wildman–Crippen LogP) is 4.21. The standard InChI is InChI=1S/C25H24N4O3/c1-15-14-22(31)28(17(3)24(32)19-10-12-20(13-11-19)26-18(4)30)25-23(15)16(2)27-29(25)21-8-6-5-7-9-21/h5-14,17H,1-4H3,(H,26,30). The van der Waals surface area contributed by atoms with E-state index in [1.54, 1.807) is 41.9 Å². The van der Waals surface area contributed by atoms with Gasteiger partial charge in [0.15, 0.2) is 5.78 Å². The van der Waals surface area contributed by atoms with Crippen LogP contribution >= 0.6 is 0 Å². The molecule has 0 aliphatic rings. The van der Waals surface area contributed by atoms with Crippen molar-refractivity contribution in [1.29, 1.82) is 0 Å². The summed E-state index contributed by atoms with van der Waals surface area (Å²) < 4.78 is 3.24. The number of ketones is 1. The van der Waals surface area contributed by atoms with Crippen molar-refractivity contribution in [2.45, 2.75) is 33.7 Å². The zero-order valence-electron chi connectivity index (χ0n) is 18.4. The molecule has 4 rings (SSSR count). The van der Waals surface area contributed by atoms with Crippen molar-refractivity contribution in [3.8, 4) is 5.69 Å². The Bertz CT molecular complexity index is 1380. The maximum atomic E-state index is 13.3. The van der Waals surface area contributed by atoms with Crippen molar-refractivity contribution in [2.75, 3.05) is 5.32 Å². The first-order valence-corrected chi connectivity index (χ1v) is 10.4. The van der Waals surface area contributed by atoms with E-state index in [0.29, 0.717) is 16.9 Å².